The molecule has 0 heterocycles. The fourth-order valence-electron chi connectivity index (χ4n) is 1.87. The van der Waals surface area contributed by atoms with E-state index in [1.807, 2.05) is 12.1 Å². The minimum Gasteiger partial charge on any atom is -0.444 e. The van der Waals surface area contributed by atoms with Crippen LogP contribution in [0.4, 0.5) is 0 Å². The highest BCUT2D eigenvalue weighted by Gasteiger charge is 2.17. The second kappa shape index (κ2) is 7.68. The van der Waals surface area contributed by atoms with Gasteiger partial charge in [-0.2, -0.15) is 0 Å². The van der Waals surface area contributed by atoms with Crippen molar-refractivity contribution in [1.82, 2.24) is 4.90 Å². The largest absolute Gasteiger partial charge is 0.444 e. The van der Waals surface area contributed by atoms with Crippen molar-refractivity contribution in [1.29, 1.82) is 0 Å². The molecule has 1 aromatic rings. The number of nitrogens with zero attached hydrogens (tertiary/aromatic N) is 1. The molecule has 0 spiro atoms. The molecule has 1 amide bonds. The van der Waals surface area contributed by atoms with Crippen molar-refractivity contribution in [2.75, 3.05) is 13.8 Å². The van der Waals surface area contributed by atoms with Crippen LogP contribution < -0.4 is 0 Å². The van der Waals surface area contributed by atoms with Gasteiger partial charge in [-0.05, 0) is 30.4 Å². The van der Waals surface area contributed by atoms with Crippen LogP contribution in [-0.2, 0) is 20.7 Å². The summed E-state index contributed by atoms with van der Waals surface area (Å²) in [6, 6.07) is 8.04. The summed E-state index contributed by atoms with van der Waals surface area (Å²) >= 11 is 0. The number of ether oxygens (including phenoxy) is 1. The number of hydrogen-bond acceptors (Lipinski definition) is 3. The maximum atomic E-state index is 11.9. The van der Waals surface area contributed by atoms with Crippen molar-refractivity contribution in [3.63, 3.8) is 0 Å². The molecular weight excluding hydrogens is 254 g/mol. The van der Waals surface area contributed by atoms with Crippen LogP contribution in [0.15, 0.2) is 24.3 Å². The molecule has 1 unspecified atom stereocenters. The predicted octanol–water partition coefficient (Wildman–Crippen LogP) is 2.58. The molecule has 1 rings (SSSR count). The third-order valence-electron chi connectivity index (χ3n) is 3.07. The van der Waals surface area contributed by atoms with Gasteiger partial charge in [0.05, 0.1) is 5.92 Å². The van der Waals surface area contributed by atoms with Crippen LogP contribution in [0.3, 0.4) is 0 Å². The van der Waals surface area contributed by atoms with Crippen LogP contribution in [-0.4, -0.2) is 31.1 Å². The first kappa shape index (κ1) is 16.2. The molecule has 0 saturated carbocycles. The number of benzene rings is 1. The molecule has 0 aliphatic rings. The van der Waals surface area contributed by atoms with Crippen LogP contribution >= 0.6 is 0 Å². The van der Waals surface area contributed by atoms with Crippen LogP contribution in [0.1, 0.15) is 37.8 Å². The smallest absolute Gasteiger partial charge is 0.314 e. The first-order chi connectivity index (χ1) is 9.43. The lowest BCUT2D eigenvalue weighted by Gasteiger charge is -2.15. The maximum absolute atomic E-state index is 11.9. The Bertz CT molecular complexity index is 440. The van der Waals surface area contributed by atoms with E-state index >= 15 is 0 Å². The zero-order valence-corrected chi connectivity index (χ0v) is 12.6. The van der Waals surface area contributed by atoms with E-state index in [1.165, 1.54) is 10.5 Å². The zero-order valence-electron chi connectivity index (χ0n) is 12.6. The molecular formula is C16H23NO3. The number of rotatable bonds is 7. The molecule has 110 valence electrons. The molecule has 0 aromatic heterocycles. The minimum atomic E-state index is -0.330. The Kier molecular flexibility index (Phi) is 6.22. The van der Waals surface area contributed by atoms with Gasteiger partial charge >= 0.3 is 5.97 Å². The molecule has 4 nitrogen and oxygen atoms in total. The lowest BCUT2D eigenvalue weighted by atomic mass is 9.97. The van der Waals surface area contributed by atoms with E-state index in [2.05, 4.69) is 26.0 Å². The molecule has 0 aliphatic heterocycles. The van der Waals surface area contributed by atoms with Gasteiger partial charge in [0, 0.05) is 7.05 Å². The van der Waals surface area contributed by atoms with Gasteiger partial charge in [0.2, 0.25) is 6.41 Å². The summed E-state index contributed by atoms with van der Waals surface area (Å²) in [5.74, 6) is -0.0411. The van der Waals surface area contributed by atoms with E-state index in [4.69, 9.17) is 4.74 Å². The summed E-state index contributed by atoms with van der Waals surface area (Å²) in [6.07, 6.45) is 1.65. The zero-order chi connectivity index (χ0) is 15.1. The second-order valence-corrected chi connectivity index (χ2v) is 5.52. The lowest BCUT2D eigenvalue weighted by Crippen LogP contribution is -2.24. The van der Waals surface area contributed by atoms with Crippen LogP contribution in [0, 0.1) is 5.92 Å². The fourth-order valence-corrected chi connectivity index (χ4v) is 1.87. The predicted molar refractivity (Wildman–Crippen MR) is 78.2 cm³/mol. The van der Waals surface area contributed by atoms with Crippen LogP contribution in [0.25, 0.3) is 0 Å². The molecule has 4 heteroatoms. The monoisotopic (exact) mass is 277 g/mol. The third kappa shape index (κ3) is 5.03. The average Bonchev–Trinajstić information content (AvgIpc) is 2.43. The first-order valence-corrected chi connectivity index (χ1v) is 6.85. The summed E-state index contributed by atoms with van der Waals surface area (Å²) in [5, 5.41) is 0. The number of carbonyl (C=O) groups is 2. The second-order valence-electron chi connectivity index (χ2n) is 5.52. The SMILES string of the molecule is CC(C)Cc1ccc(C(C)C(=O)OCN(C)C=O)cc1. The molecule has 0 radical (unpaired) electrons. The Balaban J connectivity index is 2.60. The molecule has 1 aromatic carbocycles. The van der Waals surface area contributed by atoms with Gasteiger partial charge in [0.1, 0.15) is 0 Å². The van der Waals surface area contributed by atoms with Crippen LogP contribution in [0.5, 0.6) is 0 Å². The number of carbonyl (C=O) groups excluding carboxylic acids is 2. The van der Waals surface area contributed by atoms with Crippen molar-refractivity contribution in [2.45, 2.75) is 33.1 Å². The summed E-state index contributed by atoms with van der Waals surface area (Å²) in [7, 11) is 1.56. The Hall–Kier alpha value is -1.84. The summed E-state index contributed by atoms with van der Waals surface area (Å²) < 4.78 is 5.06. The minimum absolute atomic E-state index is 0.0158. The quantitative estimate of drug-likeness (QED) is 0.437. The topological polar surface area (TPSA) is 46.6 Å². The molecule has 20 heavy (non-hydrogen) atoms. The highest BCUT2D eigenvalue weighted by Crippen LogP contribution is 2.18. The Morgan fingerprint density at radius 1 is 1.25 bits per heavy atom. The lowest BCUT2D eigenvalue weighted by molar-refractivity contribution is -0.150. The van der Waals surface area contributed by atoms with E-state index < -0.39 is 0 Å². The van der Waals surface area contributed by atoms with Gasteiger partial charge in [-0.3, -0.25) is 9.59 Å². The summed E-state index contributed by atoms with van der Waals surface area (Å²) in [4.78, 5) is 23.6. The standard InChI is InChI=1S/C16H23NO3/c1-12(2)9-14-5-7-15(8-6-14)13(3)16(19)20-11-17(4)10-18/h5-8,10,12-13H,9,11H2,1-4H3. The normalized spacial score (nSPS) is 12.1. The summed E-state index contributed by atoms with van der Waals surface area (Å²) in [6.45, 7) is 6.15. The molecule has 0 N–H and O–H groups in total. The fraction of sp³-hybridized carbons (Fsp3) is 0.500. The van der Waals surface area contributed by atoms with Crippen molar-refractivity contribution in [2.24, 2.45) is 5.92 Å². The van der Waals surface area contributed by atoms with E-state index in [0.717, 1.165) is 12.0 Å². The van der Waals surface area contributed by atoms with E-state index in [1.54, 1.807) is 14.0 Å². The van der Waals surface area contributed by atoms with E-state index in [0.29, 0.717) is 12.3 Å². The van der Waals surface area contributed by atoms with E-state index in [9.17, 15) is 9.59 Å². The van der Waals surface area contributed by atoms with Gasteiger partial charge in [-0.25, -0.2) is 0 Å². The Labute approximate surface area is 120 Å². The van der Waals surface area contributed by atoms with Crippen LogP contribution in [0.2, 0.25) is 0 Å². The Morgan fingerprint density at radius 3 is 2.35 bits per heavy atom. The Morgan fingerprint density at radius 2 is 1.85 bits per heavy atom. The highest BCUT2D eigenvalue weighted by molar-refractivity contribution is 5.77. The van der Waals surface area contributed by atoms with Crippen molar-refractivity contribution >= 4 is 12.4 Å². The maximum Gasteiger partial charge on any atom is 0.314 e. The van der Waals surface area contributed by atoms with Gasteiger partial charge in [-0.1, -0.05) is 38.1 Å². The average molecular weight is 277 g/mol. The molecule has 0 saturated heterocycles. The first-order valence-electron chi connectivity index (χ1n) is 6.85. The molecule has 0 aliphatic carbocycles. The van der Waals surface area contributed by atoms with Gasteiger partial charge in [0.25, 0.3) is 0 Å². The molecule has 1 atom stereocenters. The van der Waals surface area contributed by atoms with Crippen molar-refractivity contribution in [3.8, 4) is 0 Å². The molecule has 0 bridgehead atoms. The third-order valence-corrected chi connectivity index (χ3v) is 3.07. The van der Waals surface area contributed by atoms with Gasteiger partial charge in [0.15, 0.2) is 6.73 Å². The number of amides is 1. The highest BCUT2D eigenvalue weighted by atomic mass is 16.5. The van der Waals surface area contributed by atoms with Crippen molar-refractivity contribution in [3.05, 3.63) is 35.4 Å². The summed E-state index contributed by atoms with van der Waals surface area (Å²) in [5.41, 5.74) is 2.20. The van der Waals surface area contributed by atoms with Crippen molar-refractivity contribution < 1.29 is 14.3 Å². The number of hydrogen-bond donors (Lipinski definition) is 0. The van der Waals surface area contributed by atoms with Gasteiger partial charge < -0.3 is 9.64 Å². The van der Waals surface area contributed by atoms with E-state index in [-0.39, 0.29) is 18.6 Å². The number of esters is 1. The van der Waals surface area contributed by atoms with Gasteiger partial charge in [-0.15, -0.1) is 0 Å². The molecule has 0 fully saturated rings.